The molecule has 5 aromatic rings. The van der Waals surface area contributed by atoms with Gasteiger partial charge < -0.3 is 14.6 Å². The zero-order valence-electron chi connectivity index (χ0n) is 19.0. The summed E-state index contributed by atoms with van der Waals surface area (Å²) in [4.78, 5) is 18.4. The minimum Gasteiger partial charge on any atom is -0.381 e. The van der Waals surface area contributed by atoms with Crippen molar-refractivity contribution in [2.24, 2.45) is 7.05 Å². The van der Waals surface area contributed by atoms with Crippen molar-refractivity contribution in [2.45, 2.75) is 25.0 Å². The lowest BCUT2D eigenvalue weighted by Gasteiger charge is -2.35. The molecule has 0 atom stereocenters. The van der Waals surface area contributed by atoms with Crippen molar-refractivity contribution >= 4 is 11.3 Å². The largest absolute Gasteiger partial charge is 0.381 e. The summed E-state index contributed by atoms with van der Waals surface area (Å²) in [5.41, 5.74) is 4.66. The maximum atomic E-state index is 5.49. The van der Waals surface area contributed by atoms with E-state index in [0.717, 1.165) is 46.6 Å². The van der Waals surface area contributed by atoms with E-state index < -0.39 is 0 Å². The molecule has 1 fully saturated rings. The van der Waals surface area contributed by atoms with Crippen molar-refractivity contribution in [3.63, 3.8) is 0 Å². The molecule has 34 heavy (non-hydrogen) atoms. The van der Waals surface area contributed by atoms with Gasteiger partial charge in [0.2, 0.25) is 5.82 Å². The topological polar surface area (TPSA) is 95.0 Å². The zero-order chi connectivity index (χ0) is 23.1. The number of methoxy groups -OCH3 is 1. The SMILES string of the molecule is COC1CC(Nc2nc(-c3nccn3C)nn3cc(-c4cccnc4)c(-c4ccccn4)c23)C1. The van der Waals surface area contributed by atoms with E-state index in [1.165, 1.54) is 0 Å². The number of anilines is 1. The minimum absolute atomic E-state index is 0.270. The number of hydrogen-bond acceptors (Lipinski definition) is 7. The Kier molecular flexibility index (Phi) is 5.03. The number of nitrogens with zero attached hydrogens (tertiary/aromatic N) is 7. The first kappa shape index (κ1) is 20.5. The number of aryl methyl sites for hydroxylation is 1. The van der Waals surface area contributed by atoms with Crippen LogP contribution in [0.2, 0.25) is 0 Å². The van der Waals surface area contributed by atoms with Gasteiger partial charge in [-0.15, -0.1) is 5.10 Å². The highest BCUT2D eigenvalue weighted by Crippen LogP contribution is 2.39. The second kappa shape index (κ2) is 8.35. The summed E-state index contributed by atoms with van der Waals surface area (Å²) >= 11 is 0. The number of hydrogen-bond donors (Lipinski definition) is 1. The van der Waals surface area contributed by atoms with Gasteiger partial charge in [-0.2, -0.15) is 0 Å². The molecule has 0 bridgehead atoms. The monoisotopic (exact) mass is 452 g/mol. The second-order valence-electron chi connectivity index (χ2n) is 8.48. The van der Waals surface area contributed by atoms with Gasteiger partial charge in [-0.1, -0.05) is 12.1 Å². The Hall–Kier alpha value is -4.11. The summed E-state index contributed by atoms with van der Waals surface area (Å²) in [5, 5.41) is 8.51. The summed E-state index contributed by atoms with van der Waals surface area (Å²) in [5.74, 6) is 2.00. The highest BCUT2D eigenvalue weighted by Gasteiger charge is 2.31. The number of imidazole rings is 1. The van der Waals surface area contributed by atoms with E-state index in [4.69, 9.17) is 14.8 Å². The van der Waals surface area contributed by atoms with Gasteiger partial charge in [0.05, 0.1) is 11.8 Å². The van der Waals surface area contributed by atoms with Crippen LogP contribution >= 0.6 is 0 Å². The van der Waals surface area contributed by atoms with Crippen LogP contribution < -0.4 is 5.32 Å². The van der Waals surface area contributed by atoms with Crippen LogP contribution in [-0.2, 0) is 11.8 Å². The lowest BCUT2D eigenvalue weighted by molar-refractivity contribution is 0.0328. The van der Waals surface area contributed by atoms with E-state index >= 15 is 0 Å². The molecular formula is C25H24N8O. The molecule has 1 aliphatic rings. The van der Waals surface area contributed by atoms with Gasteiger partial charge in [-0.05, 0) is 31.0 Å². The van der Waals surface area contributed by atoms with Crippen LogP contribution in [0.1, 0.15) is 12.8 Å². The average molecular weight is 453 g/mol. The first-order chi connectivity index (χ1) is 16.7. The molecule has 1 N–H and O–H groups in total. The summed E-state index contributed by atoms with van der Waals surface area (Å²) in [6.45, 7) is 0. The van der Waals surface area contributed by atoms with Gasteiger partial charge >= 0.3 is 0 Å². The first-order valence-corrected chi connectivity index (χ1v) is 11.2. The normalized spacial score (nSPS) is 17.6. The molecule has 5 heterocycles. The van der Waals surface area contributed by atoms with Crippen LogP contribution in [0, 0.1) is 0 Å². The molecule has 0 amide bonds. The maximum Gasteiger partial charge on any atom is 0.218 e. The lowest BCUT2D eigenvalue weighted by Crippen LogP contribution is -2.40. The molecule has 0 unspecified atom stereocenters. The van der Waals surface area contributed by atoms with Crippen LogP contribution in [-0.4, -0.2) is 53.4 Å². The predicted octanol–water partition coefficient (Wildman–Crippen LogP) is 3.84. The van der Waals surface area contributed by atoms with E-state index in [2.05, 4.69) is 20.3 Å². The van der Waals surface area contributed by atoms with Crippen molar-refractivity contribution in [1.82, 2.24) is 34.1 Å². The maximum absolute atomic E-state index is 5.49. The van der Waals surface area contributed by atoms with E-state index in [-0.39, 0.29) is 12.1 Å². The molecular weight excluding hydrogens is 428 g/mol. The second-order valence-corrected chi connectivity index (χ2v) is 8.48. The molecule has 9 nitrogen and oxygen atoms in total. The fraction of sp³-hybridized carbons (Fsp3) is 0.240. The molecule has 1 aliphatic carbocycles. The zero-order valence-corrected chi connectivity index (χ0v) is 19.0. The Morgan fingerprint density at radius 1 is 1.06 bits per heavy atom. The third-order valence-electron chi connectivity index (χ3n) is 6.31. The molecule has 0 aromatic carbocycles. The van der Waals surface area contributed by atoms with Crippen LogP contribution in [0.4, 0.5) is 5.82 Å². The summed E-state index contributed by atoms with van der Waals surface area (Å²) in [6.07, 6.45) is 13.2. The van der Waals surface area contributed by atoms with Crippen LogP contribution in [0.3, 0.4) is 0 Å². The molecule has 9 heteroatoms. The molecule has 1 saturated carbocycles. The molecule has 0 aliphatic heterocycles. The summed E-state index contributed by atoms with van der Waals surface area (Å²) in [7, 11) is 3.70. The Morgan fingerprint density at radius 2 is 1.97 bits per heavy atom. The first-order valence-electron chi connectivity index (χ1n) is 11.2. The predicted molar refractivity (Wildman–Crippen MR) is 129 cm³/mol. The van der Waals surface area contributed by atoms with Gasteiger partial charge in [0.1, 0.15) is 5.52 Å². The third-order valence-corrected chi connectivity index (χ3v) is 6.31. The number of fused-ring (bicyclic) bond motifs is 1. The minimum atomic E-state index is 0.270. The van der Waals surface area contributed by atoms with Crippen molar-refractivity contribution in [3.05, 3.63) is 67.5 Å². The molecule has 5 aromatic heterocycles. The van der Waals surface area contributed by atoms with Gasteiger partial charge in [0, 0.05) is 74.1 Å². The summed E-state index contributed by atoms with van der Waals surface area (Å²) in [6, 6.07) is 10.2. The van der Waals surface area contributed by atoms with Crippen molar-refractivity contribution < 1.29 is 4.74 Å². The third kappa shape index (κ3) is 3.50. The molecule has 170 valence electrons. The van der Waals surface area contributed by atoms with Crippen LogP contribution in [0.5, 0.6) is 0 Å². The summed E-state index contributed by atoms with van der Waals surface area (Å²) < 4.78 is 9.29. The van der Waals surface area contributed by atoms with Gasteiger partial charge in [0.15, 0.2) is 11.6 Å². The van der Waals surface area contributed by atoms with Gasteiger partial charge in [-0.3, -0.25) is 9.97 Å². The Bertz CT molecular complexity index is 1440. The molecule has 0 radical (unpaired) electrons. The number of rotatable bonds is 6. The quantitative estimate of drug-likeness (QED) is 0.418. The standard InChI is InChI=1S/C25H24N8O/c1-32-11-10-28-25(32)24-30-23(29-17-12-18(13-17)34-2)22-21(20-7-3-4-9-27-20)19(15-33(22)31-24)16-6-5-8-26-14-16/h3-11,14-15,17-18H,12-13H2,1-2H3,(H,29,30,31). The van der Waals surface area contributed by atoms with Crippen molar-refractivity contribution in [3.8, 4) is 34.0 Å². The number of ether oxygens (including phenoxy) is 1. The Balaban J connectivity index is 1.60. The van der Waals surface area contributed by atoms with E-state index in [1.54, 1.807) is 25.7 Å². The van der Waals surface area contributed by atoms with Crippen molar-refractivity contribution in [1.29, 1.82) is 0 Å². The highest BCUT2D eigenvalue weighted by molar-refractivity contribution is 5.98. The Labute approximate surface area is 196 Å². The number of pyridine rings is 2. The van der Waals surface area contributed by atoms with Gasteiger partial charge in [-0.25, -0.2) is 14.5 Å². The molecule has 0 saturated heterocycles. The highest BCUT2D eigenvalue weighted by atomic mass is 16.5. The molecule has 0 spiro atoms. The Morgan fingerprint density at radius 3 is 2.68 bits per heavy atom. The van der Waals surface area contributed by atoms with E-state index in [1.807, 2.05) is 65.1 Å². The fourth-order valence-corrected chi connectivity index (χ4v) is 4.44. The average Bonchev–Trinajstić information content (AvgIpc) is 3.45. The number of nitrogens with one attached hydrogen (secondary N) is 1. The number of aromatic nitrogens is 7. The van der Waals surface area contributed by atoms with Gasteiger partial charge in [0.25, 0.3) is 0 Å². The van der Waals surface area contributed by atoms with Crippen molar-refractivity contribution in [2.75, 3.05) is 12.4 Å². The lowest BCUT2D eigenvalue weighted by atomic mass is 9.89. The van der Waals surface area contributed by atoms with E-state index in [9.17, 15) is 0 Å². The van der Waals surface area contributed by atoms with Crippen LogP contribution in [0.15, 0.2) is 67.5 Å². The van der Waals surface area contributed by atoms with Crippen LogP contribution in [0.25, 0.3) is 39.5 Å². The molecule has 6 rings (SSSR count). The fourth-order valence-electron chi connectivity index (χ4n) is 4.44. The van der Waals surface area contributed by atoms with E-state index in [0.29, 0.717) is 11.6 Å². The smallest absolute Gasteiger partial charge is 0.218 e.